The normalized spacial score (nSPS) is 14.2. The van der Waals surface area contributed by atoms with Gasteiger partial charge in [0.2, 0.25) is 0 Å². The summed E-state index contributed by atoms with van der Waals surface area (Å²) in [7, 11) is -1.24. The highest BCUT2D eigenvalue weighted by Gasteiger charge is 2.51. The van der Waals surface area contributed by atoms with Gasteiger partial charge in [-0.25, -0.2) is 0 Å². The topological polar surface area (TPSA) is 36.9 Å². The van der Waals surface area contributed by atoms with Crippen LogP contribution >= 0.6 is 63.7 Å². The third kappa shape index (κ3) is 3.25. The highest BCUT2D eigenvalue weighted by molar-refractivity contribution is 9.11. The van der Waals surface area contributed by atoms with Crippen molar-refractivity contribution < 1.29 is 18.6 Å². The van der Waals surface area contributed by atoms with E-state index in [4.69, 9.17) is 18.6 Å². The lowest BCUT2D eigenvalue weighted by atomic mass is 9.56. The zero-order valence-electron chi connectivity index (χ0n) is 20.2. The van der Waals surface area contributed by atoms with Gasteiger partial charge in [-0.05, 0) is 95.1 Å². The summed E-state index contributed by atoms with van der Waals surface area (Å²) in [6, 6.07) is 24.5. The molecule has 4 aliphatic rings. The van der Waals surface area contributed by atoms with Crippen molar-refractivity contribution in [3.8, 4) is 67.5 Å². The van der Waals surface area contributed by atoms with Crippen LogP contribution in [0.5, 0.6) is 23.0 Å². The zero-order valence-corrected chi connectivity index (χ0v) is 26.6. The monoisotopic (exact) mass is 774 g/mol. The molecule has 9 rings (SSSR count). The van der Waals surface area contributed by atoms with Gasteiger partial charge in [-0.3, -0.25) is 0 Å². The molecule has 4 heterocycles. The van der Waals surface area contributed by atoms with Crippen molar-refractivity contribution >= 4 is 88.9 Å². The van der Waals surface area contributed by atoms with Crippen molar-refractivity contribution in [3.63, 3.8) is 0 Å². The molecule has 5 aromatic rings. The molecular weight excluding hydrogens is 766 g/mol. The summed E-state index contributed by atoms with van der Waals surface area (Å²) >= 11 is 14.8. The van der Waals surface area contributed by atoms with E-state index in [2.05, 4.69) is 88.0 Å². The highest BCUT2D eigenvalue weighted by Crippen LogP contribution is 2.54. The summed E-state index contributed by atoms with van der Waals surface area (Å²) in [5.74, 6) is 3.07. The molecule has 0 N–H and O–H groups in total. The quantitative estimate of drug-likeness (QED) is 0.148. The minimum absolute atomic E-state index is 0.621. The predicted octanol–water partition coefficient (Wildman–Crippen LogP) is 8.36. The van der Waals surface area contributed by atoms with Crippen LogP contribution < -0.4 is 29.5 Å². The molecule has 190 valence electrons. The average Bonchev–Trinajstić information content (AvgIpc) is 2.94. The van der Waals surface area contributed by atoms with Gasteiger partial charge in [-0.15, -0.1) is 0 Å². The Hall–Kier alpha value is -2.65. The predicted molar refractivity (Wildman–Crippen MR) is 172 cm³/mol. The molecule has 0 unspecified atom stereocenters. The molecule has 0 aromatic heterocycles. The average molecular weight is 778 g/mol. The van der Waals surface area contributed by atoms with Gasteiger partial charge in [0.05, 0.1) is 0 Å². The highest BCUT2D eigenvalue weighted by atomic mass is 79.9. The number of benzene rings is 5. The lowest BCUT2D eigenvalue weighted by Gasteiger charge is -2.40. The fraction of sp³-hybridized carbons (Fsp3) is 0. The minimum Gasteiger partial charge on any atom is -0.521 e. The smallest absolute Gasteiger partial charge is 0.521 e. The van der Waals surface area contributed by atoms with Gasteiger partial charge in [0.15, 0.2) is 0 Å². The zero-order chi connectivity index (χ0) is 26.9. The van der Waals surface area contributed by atoms with E-state index in [1.807, 2.05) is 48.5 Å². The van der Waals surface area contributed by atoms with E-state index >= 15 is 0 Å². The summed E-state index contributed by atoms with van der Waals surface area (Å²) in [5, 5.41) is 0. The van der Waals surface area contributed by atoms with Crippen LogP contribution in [-0.4, -0.2) is 14.2 Å². The molecule has 4 aliphatic heterocycles. The molecule has 0 saturated carbocycles. The van der Waals surface area contributed by atoms with Gasteiger partial charge in [0.1, 0.15) is 23.0 Å². The molecule has 0 atom stereocenters. The van der Waals surface area contributed by atoms with E-state index in [1.165, 1.54) is 0 Å². The van der Waals surface area contributed by atoms with Crippen molar-refractivity contribution in [1.29, 1.82) is 0 Å². The van der Waals surface area contributed by atoms with Gasteiger partial charge in [0.25, 0.3) is 0 Å². The maximum Gasteiger partial charge on any atom is 0.634 e. The van der Waals surface area contributed by atoms with Gasteiger partial charge in [-0.2, -0.15) is 0 Å². The molecular formula is C30H12B2Br4O4. The molecule has 5 aromatic carbocycles. The summed E-state index contributed by atoms with van der Waals surface area (Å²) < 4.78 is 30.3. The molecule has 4 nitrogen and oxygen atoms in total. The van der Waals surface area contributed by atoms with Crippen molar-refractivity contribution in [1.82, 2.24) is 0 Å². The van der Waals surface area contributed by atoms with Gasteiger partial charge in [0, 0.05) is 51.1 Å². The van der Waals surface area contributed by atoms with E-state index in [0.717, 1.165) is 96.3 Å². The Balaban J connectivity index is 1.55. The van der Waals surface area contributed by atoms with Crippen molar-refractivity contribution in [2.45, 2.75) is 0 Å². The second-order valence-electron chi connectivity index (χ2n) is 10.0. The second-order valence-corrected chi connectivity index (χ2v) is 13.7. The third-order valence-corrected chi connectivity index (χ3v) is 9.80. The van der Waals surface area contributed by atoms with E-state index in [1.54, 1.807) is 0 Å². The van der Waals surface area contributed by atoms with Crippen LogP contribution in [0.15, 0.2) is 90.7 Å². The van der Waals surface area contributed by atoms with Crippen molar-refractivity contribution in [3.05, 3.63) is 90.7 Å². The first-order chi connectivity index (χ1) is 19.4. The lowest BCUT2D eigenvalue weighted by molar-refractivity contribution is 0.432. The summed E-state index contributed by atoms with van der Waals surface area (Å²) in [6.45, 7) is 0. The Morgan fingerprint density at radius 1 is 0.375 bits per heavy atom. The van der Waals surface area contributed by atoms with Crippen LogP contribution in [-0.2, 0) is 0 Å². The maximum atomic E-state index is 6.60. The van der Waals surface area contributed by atoms with Crippen LogP contribution in [0.2, 0.25) is 0 Å². The van der Waals surface area contributed by atoms with E-state index in [-0.39, 0.29) is 0 Å². The number of fused-ring (bicyclic) bond motifs is 10. The summed E-state index contributed by atoms with van der Waals surface area (Å²) in [6.07, 6.45) is 0. The first-order valence-corrected chi connectivity index (χ1v) is 15.7. The fourth-order valence-corrected chi connectivity index (χ4v) is 7.77. The van der Waals surface area contributed by atoms with E-state index in [0.29, 0.717) is 0 Å². The standard InChI is InChI=1S/C30H12B2Br4O4/c33-13-1-5-21-17(9-13)25-26-18-10-14(34)3-7-23(18)39-32-30(26)28(20-12-16(36)4-8-24(20)40-32)27-19-11-15(35)2-6-22(19)38-31(37-21)29(25)27/h1-12H. The Bertz CT molecular complexity index is 1720. The third-order valence-electron chi connectivity index (χ3n) is 7.83. The van der Waals surface area contributed by atoms with Crippen LogP contribution in [0.3, 0.4) is 0 Å². The first-order valence-electron chi connectivity index (χ1n) is 12.5. The fourth-order valence-electron chi connectivity index (χ4n) is 6.33. The molecule has 0 saturated heterocycles. The first kappa shape index (κ1) is 24.0. The van der Waals surface area contributed by atoms with Crippen LogP contribution in [0.4, 0.5) is 0 Å². The molecule has 0 amide bonds. The molecule has 0 aliphatic carbocycles. The minimum atomic E-state index is -0.621. The molecule has 0 radical (unpaired) electrons. The molecule has 0 fully saturated rings. The Labute approximate surface area is 263 Å². The van der Waals surface area contributed by atoms with Gasteiger partial charge >= 0.3 is 14.2 Å². The number of hydrogen-bond donors (Lipinski definition) is 0. The van der Waals surface area contributed by atoms with Crippen molar-refractivity contribution in [2.75, 3.05) is 0 Å². The van der Waals surface area contributed by atoms with Crippen LogP contribution in [0.1, 0.15) is 0 Å². The van der Waals surface area contributed by atoms with Crippen LogP contribution in [0.25, 0.3) is 44.5 Å². The SMILES string of the molecule is Brc1ccc2c(c1)-c1c3c(c4c5c1-c1cc(Br)ccc1OB5Oc1ccc(Br)cc1-4)-c1cc(Br)ccc1OB3O2. The van der Waals surface area contributed by atoms with Crippen LogP contribution in [0, 0.1) is 0 Å². The summed E-state index contributed by atoms with van der Waals surface area (Å²) in [4.78, 5) is 0. The molecule has 0 spiro atoms. The second kappa shape index (κ2) is 8.44. The number of halogens is 4. The maximum absolute atomic E-state index is 6.60. The van der Waals surface area contributed by atoms with Gasteiger partial charge < -0.3 is 18.6 Å². The Kier molecular flexibility index (Phi) is 5.06. The van der Waals surface area contributed by atoms with Gasteiger partial charge in [-0.1, -0.05) is 63.7 Å². The largest absolute Gasteiger partial charge is 0.634 e. The Morgan fingerprint density at radius 2 is 0.625 bits per heavy atom. The molecule has 10 heteroatoms. The number of rotatable bonds is 0. The van der Waals surface area contributed by atoms with Crippen molar-refractivity contribution in [2.24, 2.45) is 0 Å². The van der Waals surface area contributed by atoms with E-state index < -0.39 is 14.2 Å². The summed E-state index contributed by atoms with van der Waals surface area (Å²) in [5.41, 5.74) is 10.3. The number of hydrogen-bond acceptors (Lipinski definition) is 4. The lowest BCUT2D eigenvalue weighted by Crippen LogP contribution is -2.55. The van der Waals surface area contributed by atoms with E-state index in [9.17, 15) is 0 Å². The molecule has 40 heavy (non-hydrogen) atoms. The Morgan fingerprint density at radius 3 is 0.875 bits per heavy atom. The molecule has 0 bridgehead atoms.